The van der Waals surface area contributed by atoms with Crippen LogP contribution in [0.2, 0.25) is 0 Å². The number of aliphatic hydroxyl groups excluding tert-OH is 1. The molecule has 0 spiro atoms. The van der Waals surface area contributed by atoms with Gasteiger partial charge in [0.15, 0.2) is 0 Å². The Labute approximate surface area is 103 Å². The lowest BCUT2D eigenvalue weighted by Gasteiger charge is -2.30. The van der Waals surface area contributed by atoms with Gasteiger partial charge < -0.3 is 5.11 Å². The van der Waals surface area contributed by atoms with Crippen LogP contribution < -0.4 is 0 Å². The molecule has 96 valence electrons. The Morgan fingerprint density at radius 1 is 1.59 bits per heavy atom. The lowest BCUT2D eigenvalue weighted by atomic mass is 9.87. The van der Waals surface area contributed by atoms with Crippen molar-refractivity contribution in [2.75, 3.05) is 13.1 Å². The number of hydrogen-bond donors (Lipinski definition) is 2. The molecule has 17 heavy (non-hydrogen) atoms. The van der Waals surface area contributed by atoms with Crippen LogP contribution in [0.15, 0.2) is 6.20 Å². The maximum absolute atomic E-state index is 9.81. The largest absolute Gasteiger partial charge is 0.392 e. The second-order valence-corrected chi connectivity index (χ2v) is 5.95. The Hall–Kier alpha value is -0.870. The summed E-state index contributed by atoms with van der Waals surface area (Å²) >= 11 is 0. The van der Waals surface area contributed by atoms with Gasteiger partial charge in [-0.2, -0.15) is 5.10 Å². The van der Waals surface area contributed by atoms with E-state index < -0.39 is 0 Å². The van der Waals surface area contributed by atoms with E-state index >= 15 is 0 Å². The molecule has 4 nitrogen and oxygen atoms in total. The minimum Gasteiger partial charge on any atom is -0.392 e. The van der Waals surface area contributed by atoms with E-state index in [0.29, 0.717) is 0 Å². The van der Waals surface area contributed by atoms with E-state index in [2.05, 4.69) is 28.9 Å². The average molecular weight is 237 g/mol. The van der Waals surface area contributed by atoms with E-state index in [9.17, 15) is 5.11 Å². The molecule has 0 aliphatic carbocycles. The first-order valence-electron chi connectivity index (χ1n) is 6.42. The third kappa shape index (κ3) is 3.07. The molecule has 1 aliphatic heterocycles. The lowest BCUT2D eigenvalue weighted by molar-refractivity contribution is 0.0849. The van der Waals surface area contributed by atoms with Gasteiger partial charge in [-0.15, -0.1) is 0 Å². The van der Waals surface area contributed by atoms with Gasteiger partial charge in [-0.05, 0) is 18.3 Å². The van der Waals surface area contributed by atoms with Crippen LogP contribution in [-0.4, -0.2) is 39.4 Å². The number of fused-ring (bicyclic) bond motifs is 1. The fraction of sp³-hybridized carbons (Fsp3) is 0.769. The highest BCUT2D eigenvalue weighted by Gasteiger charge is 2.29. The average Bonchev–Trinajstić information content (AvgIpc) is 2.59. The van der Waals surface area contributed by atoms with Crippen LogP contribution in [0, 0.1) is 5.41 Å². The molecule has 0 fully saturated rings. The number of aromatic nitrogens is 2. The summed E-state index contributed by atoms with van der Waals surface area (Å²) in [6.07, 6.45) is 3.54. The number of nitrogens with one attached hydrogen (secondary N) is 1. The van der Waals surface area contributed by atoms with Gasteiger partial charge in [0, 0.05) is 30.9 Å². The lowest BCUT2D eigenvalue weighted by Crippen LogP contribution is -2.37. The van der Waals surface area contributed by atoms with Gasteiger partial charge in [0.25, 0.3) is 0 Å². The van der Waals surface area contributed by atoms with Gasteiger partial charge in [-0.1, -0.05) is 20.8 Å². The molecule has 0 radical (unpaired) electrons. The van der Waals surface area contributed by atoms with Crippen molar-refractivity contribution in [2.24, 2.45) is 5.41 Å². The molecule has 2 N–H and O–H groups in total. The maximum Gasteiger partial charge on any atom is 0.0664 e. The predicted octanol–water partition coefficient (Wildman–Crippen LogP) is 1.56. The van der Waals surface area contributed by atoms with Crippen molar-refractivity contribution in [1.82, 2.24) is 15.1 Å². The van der Waals surface area contributed by atoms with Crippen molar-refractivity contribution in [3.8, 4) is 0 Å². The fourth-order valence-corrected chi connectivity index (χ4v) is 2.62. The van der Waals surface area contributed by atoms with E-state index in [4.69, 9.17) is 0 Å². The van der Waals surface area contributed by atoms with Crippen molar-refractivity contribution < 1.29 is 5.11 Å². The first-order chi connectivity index (χ1) is 8.00. The summed E-state index contributed by atoms with van der Waals surface area (Å²) < 4.78 is 0. The molecule has 1 atom stereocenters. The maximum atomic E-state index is 9.81. The second kappa shape index (κ2) is 4.78. The van der Waals surface area contributed by atoms with E-state index in [1.54, 1.807) is 0 Å². The molecule has 0 aromatic carbocycles. The molecule has 4 heteroatoms. The Bertz CT molecular complexity index is 372. The standard InChI is InChI=1S/C13H23N3O/c1-4-11(17)8-16-7-10-6-14-15-12(10)5-13(2,3)9-16/h6,11,17H,4-5,7-9H2,1-3H3,(H,14,15)/t11-/m1/s1. The van der Waals surface area contributed by atoms with E-state index in [1.165, 1.54) is 11.3 Å². The van der Waals surface area contributed by atoms with Gasteiger partial charge in [-0.25, -0.2) is 0 Å². The predicted molar refractivity (Wildman–Crippen MR) is 67.6 cm³/mol. The van der Waals surface area contributed by atoms with E-state index in [1.807, 2.05) is 13.1 Å². The molecule has 2 heterocycles. The summed E-state index contributed by atoms with van der Waals surface area (Å²) in [6.45, 7) is 9.24. The molecule has 0 amide bonds. The summed E-state index contributed by atoms with van der Waals surface area (Å²) in [4.78, 5) is 2.34. The van der Waals surface area contributed by atoms with Gasteiger partial charge >= 0.3 is 0 Å². The topological polar surface area (TPSA) is 52.1 Å². The number of nitrogens with zero attached hydrogens (tertiary/aromatic N) is 2. The minimum atomic E-state index is -0.223. The van der Waals surface area contributed by atoms with Crippen molar-refractivity contribution in [1.29, 1.82) is 0 Å². The third-order valence-electron chi connectivity index (χ3n) is 3.45. The number of H-pyrrole nitrogens is 1. The molecule has 1 aliphatic rings. The number of aromatic amines is 1. The first-order valence-corrected chi connectivity index (χ1v) is 6.42. The zero-order chi connectivity index (χ0) is 12.5. The Kier molecular flexibility index (Phi) is 3.54. The van der Waals surface area contributed by atoms with Gasteiger partial charge in [-0.3, -0.25) is 10.00 Å². The van der Waals surface area contributed by atoms with Gasteiger partial charge in [0.05, 0.1) is 12.3 Å². The van der Waals surface area contributed by atoms with Gasteiger partial charge in [0.1, 0.15) is 0 Å². The molecule has 1 aromatic rings. The molecular formula is C13H23N3O. The first kappa shape index (κ1) is 12.6. The molecule has 0 saturated carbocycles. The summed E-state index contributed by atoms with van der Waals surface area (Å²) in [5.41, 5.74) is 2.76. The zero-order valence-corrected chi connectivity index (χ0v) is 11.0. The summed E-state index contributed by atoms with van der Waals surface area (Å²) in [7, 11) is 0. The minimum absolute atomic E-state index is 0.223. The van der Waals surface area contributed by atoms with Crippen LogP contribution in [0.5, 0.6) is 0 Å². The molecule has 0 saturated heterocycles. The van der Waals surface area contributed by atoms with Crippen molar-refractivity contribution in [2.45, 2.75) is 46.3 Å². The highest BCUT2D eigenvalue weighted by Crippen LogP contribution is 2.28. The highest BCUT2D eigenvalue weighted by atomic mass is 16.3. The number of rotatable bonds is 3. The Balaban J connectivity index is 2.14. The van der Waals surface area contributed by atoms with Crippen LogP contribution in [0.3, 0.4) is 0 Å². The van der Waals surface area contributed by atoms with Crippen molar-refractivity contribution in [3.63, 3.8) is 0 Å². The van der Waals surface area contributed by atoms with Gasteiger partial charge in [0.2, 0.25) is 0 Å². The fourth-order valence-electron chi connectivity index (χ4n) is 2.62. The van der Waals surface area contributed by atoms with Crippen LogP contribution in [0.1, 0.15) is 38.4 Å². The summed E-state index contributed by atoms with van der Waals surface area (Å²) in [5.74, 6) is 0. The Morgan fingerprint density at radius 3 is 3.06 bits per heavy atom. The summed E-state index contributed by atoms with van der Waals surface area (Å²) in [6, 6.07) is 0. The SMILES string of the molecule is CC[C@@H](O)CN1Cc2cn[nH]c2CC(C)(C)C1. The van der Waals surface area contributed by atoms with Crippen LogP contribution in [0.25, 0.3) is 0 Å². The molecule has 0 unspecified atom stereocenters. The molecule has 1 aromatic heterocycles. The van der Waals surface area contributed by atoms with Crippen LogP contribution >= 0.6 is 0 Å². The quantitative estimate of drug-likeness (QED) is 0.839. The monoisotopic (exact) mass is 237 g/mol. The van der Waals surface area contributed by atoms with Crippen molar-refractivity contribution in [3.05, 3.63) is 17.5 Å². The second-order valence-electron chi connectivity index (χ2n) is 5.95. The third-order valence-corrected chi connectivity index (χ3v) is 3.45. The highest BCUT2D eigenvalue weighted by molar-refractivity contribution is 5.19. The van der Waals surface area contributed by atoms with Crippen LogP contribution in [0.4, 0.5) is 0 Å². The summed E-state index contributed by atoms with van der Waals surface area (Å²) in [5, 5.41) is 17.0. The smallest absolute Gasteiger partial charge is 0.0664 e. The number of hydrogen-bond acceptors (Lipinski definition) is 3. The normalized spacial score (nSPS) is 21.9. The van der Waals surface area contributed by atoms with Crippen molar-refractivity contribution >= 4 is 0 Å². The molecule has 2 rings (SSSR count). The molecule has 0 bridgehead atoms. The van der Waals surface area contributed by atoms with Crippen LogP contribution in [-0.2, 0) is 13.0 Å². The van der Waals surface area contributed by atoms with E-state index in [-0.39, 0.29) is 11.5 Å². The number of β-amino-alcohol motifs (C(OH)–C–C–N with tert-alkyl or cyclic N) is 1. The van der Waals surface area contributed by atoms with E-state index in [0.717, 1.165) is 32.5 Å². The zero-order valence-electron chi connectivity index (χ0n) is 11.0. The number of aliphatic hydroxyl groups is 1. The Morgan fingerprint density at radius 2 is 2.35 bits per heavy atom. The molecular weight excluding hydrogens is 214 g/mol.